The zero-order chi connectivity index (χ0) is 11.6. The van der Waals surface area contributed by atoms with E-state index in [4.69, 9.17) is 0 Å². The summed E-state index contributed by atoms with van der Waals surface area (Å²) in [4.78, 5) is 11.6. The highest BCUT2D eigenvalue weighted by Gasteiger charge is 2.35. The maximum absolute atomic E-state index is 11.6. The first-order valence-electron chi connectivity index (χ1n) is 5.52. The Morgan fingerprint density at radius 1 is 1.33 bits per heavy atom. The van der Waals surface area contributed by atoms with Gasteiger partial charge < -0.3 is 10.6 Å². The van der Waals surface area contributed by atoms with Gasteiger partial charge in [0.15, 0.2) is 0 Å². The second-order valence-electron chi connectivity index (χ2n) is 4.93. The number of rotatable bonds is 3. The number of hydrogen-bond acceptors (Lipinski definition) is 3. The second-order valence-corrected chi connectivity index (χ2v) is 4.93. The summed E-state index contributed by atoms with van der Waals surface area (Å²) in [5.41, 5.74) is 2.40. The third-order valence-electron chi connectivity index (χ3n) is 3.24. The minimum absolute atomic E-state index is 0.0316. The van der Waals surface area contributed by atoms with E-state index in [2.05, 4.69) is 31.4 Å². The molecule has 0 bridgehead atoms. The summed E-state index contributed by atoms with van der Waals surface area (Å²) >= 11 is 0. The lowest BCUT2D eigenvalue weighted by atomic mass is 9.71. The molecule has 1 aliphatic rings. The third-order valence-corrected chi connectivity index (χ3v) is 3.24. The molecular weight excluding hydrogens is 188 g/mol. The Bertz CT molecular complexity index is 292. The average Bonchev–Trinajstić information content (AvgIpc) is 2.14. The Hall–Kier alpha value is -0.830. The minimum atomic E-state index is -0.0316. The van der Waals surface area contributed by atoms with Crippen LogP contribution in [0.1, 0.15) is 33.6 Å². The van der Waals surface area contributed by atoms with Crippen molar-refractivity contribution in [2.75, 3.05) is 14.1 Å². The lowest BCUT2D eigenvalue weighted by Crippen LogP contribution is -2.39. The van der Waals surface area contributed by atoms with E-state index in [1.54, 1.807) is 0 Å². The van der Waals surface area contributed by atoms with Gasteiger partial charge in [-0.05, 0) is 25.0 Å². The fraction of sp³-hybridized carbons (Fsp3) is 0.750. The molecule has 0 fully saturated rings. The van der Waals surface area contributed by atoms with Crippen molar-refractivity contribution in [2.24, 2.45) is 5.41 Å². The molecule has 1 rings (SSSR count). The lowest BCUT2D eigenvalue weighted by Gasteiger charge is -2.37. The molecule has 0 spiro atoms. The summed E-state index contributed by atoms with van der Waals surface area (Å²) in [7, 11) is 3.85. The number of hydrogen-bond donors (Lipinski definition) is 2. The molecule has 3 heteroatoms. The van der Waals surface area contributed by atoms with Gasteiger partial charge in [0.25, 0.3) is 0 Å². The van der Waals surface area contributed by atoms with Gasteiger partial charge in [0.2, 0.25) is 0 Å². The topological polar surface area (TPSA) is 41.1 Å². The summed E-state index contributed by atoms with van der Waals surface area (Å²) in [5, 5.41) is 6.43. The van der Waals surface area contributed by atoms with E-state index < -0.39 is 0 Å². The standard InChI is InChI=1S/C12H22N2O/c1-8(13-4)11-10(14-5)6-9(15)7-12(11,2)3/h8,13-14H,6-7H2,1-5H3/t8-/m0/s1. The van der Waals surface area contributed by atoms with Crippen molar-refractivity contribution in [1.82, 2.24) is 10.6 Å². The molecule has 0 aromatic carbocycles. The average molecular weight is 210 g/mol. The van der Waals surface area contributed by atoms with Crippen LogP contribution in [-0.4, -0.2) is 25.9 Å². The number of ketones is 1. The zero-order valence-corrected chi connectivity index (χ0v) is 10.4. The number of allylic oxidation sites excluding steroid dienone is 1. The van der Waals surface area contributed by atoms with Crippen molar-refractivity contribution in [3.8, 4) is 0 Å². The second kappa shape index (κ2) is 4.35. The van der Waals surface area contributed by atoms with Crippen molar-refractivity contribution < 1.29 is 4.79 Å². The quantitative estimate of drug-likeness (QED) is 0.741. The van der Waals surface area contributed by atoms with Gasteiger partial charge in [0.05, 0.1) is 0 Å². The van der Waals surface area contributed by atoms with Crippen LogP contribution in [0, 0.1) is 5.41 Å². The molecule has 15 heavy (non-hydrogen) atoms. The van der Waals surface area contributed by atoms with Crippen LogP contribution in [0.25, 0.3) is 0 Å². The molecule has 0 radical (unpaired) electrons. The molecule has 0 heterocycles. The van der Waals surface area contributed by atoms with Gasteiger partial charge >= 0.3 is 0 Å². The summed E-state index contributed by atoms with van der Waals surface area (Å²) in [6.07, 6.45) is 1.21. The first-order valence-corrected chi connectivity index (χ1v) is 5.52. The van der Waals surface area contributed by atoms with Crippen LogP contribution >= 0.6 is 0 Å². The summed E-state index contributed by atoms with van der Waals surface area (Å²) < 4.78 is 0. The van der Waals surface area contributed by atoms with Crippen LogP contribution in [0.2, 0.25) is 0 Å². The van der Waals surface area contributed by atoms with Gasteiger partial charge in [-0.3, -0.25) is 4.79 Å². The predicted molar refractivity (Wildman–Crippen MR) is 62.6 cm³/mol. The van der Waals surface area contributed by atoms with Gasteiger partial charge in [-0.15, -0.1) is 0 Å². The summed E-state index contributed by atoms with van der Waals surface area (Å²) in [6.45, 7) is 6.43. The minimum Gasteiger partial charge on any atom is -0.391 e. The lowest BCUT2D eigenvalue weighted by molar-refractivity contribution is -0.120. The number of Topliss-reactive ketones (excluding diaryl/α,β-unsaturated/α-hetero) is 1. The number of likely N-dealkylation sites (N-methyl/N-ethyl adjacent to an activating group) is 1. The molecule has 0 saturated carbocycles. The van der Waals surface area contributed by atoms with Crippen LogP contribution in [0.3, 0.4) is 0 Å². The van der Waals surface area contributed by atoms with E-state index in [1.807, 2.05) is 14.1 Å². The monoisotopic (exact) mass is 210 g/mol. The molecule has 0 aromatic rings. The molecule has 86 valence electrons. The van der Waals surface area contributed by atoms with E-state index in [-0.39, 0.29) is 5.41 Å². The molecule has 2 N–H and O–H groups in total. The first kappa shape index (κ1) is 12.2. The Morgan fingerprint density at radius 2 is 1.93 bits per heavy atom. The molecule has 3 nitrogen and oxygen atoms in total. The van der Waals surface area contributed by atoms with Crippen molar-refractivity contribution in [3.63, 3.8) is 0 Å². The number of carbonyl (C=O) groups excluding carboxylic acids is 1. The highest BCUT2D eigenvalue weighted by Crippen LogP contribution is 2.39. The molecular formula is C12H22N2O. The molecule has 0 saturated heterocycles. The van der Waals surface area contributed by atoms with E-state index in [0.29, 0.717) is 24.7 Å². The highest BCUT2D eigenvalue weighted by atomic mass is 16.1. The predicted octanol–water partition coefficient (Wildman–Crippen LogP) is 1.46. The van der Waals surface area contributed by atoms with Crippen LogP contribution in [0.5, 0.6) is 0 Å². The maximum atomic E-state index is 11.6. The Kier molecular flexibility index (Phi) is 3.55. The smallest absolute Gasteiger partial charge is 0.139 e. The van der Waals surface area contributed by atoms with Crippen molar-refractivity contribution in [3.05, 3.63) is 11.3 Å². The van der Waals surface area contributed by atoms with Gasteiger partial charge in [0, 0.05) is 31.6 Å². The highest BCUT2D eigenvalue weighted by molar-refractivity contribution is 5.83. The molecule has 1 aliphatic carbocycles. The fourth-order valence-electron chi connectivity index (χ4n) is 2.57. The Morgan fingerprint density at radius 3 is 2.40 bits per heavy atom. The van der Waals surface area contributed by atoms with Crippen LogP contribution in [0.4, 0.5) is 0 Å². The largest absolute Gasteiger partial charge is 0.391 e. The van der Waals surface area contributed by atoms with E-state index in [9.17, 15) is 4.79 Å². The van der Waals surface area contributed by atoms with Crippen LogP contribution in [0.15, 0.2) is 11.3 Å². The number of nitrogens with one attached hydrogen (secondary N) is 2. The van der Waals surface area contributed by atoms with Gasteiger partial charge in [0.1, 0.15) is 5.78 Å². The third kappa shape index (κ3) is 2.40. The Labute approximate surface area is 92.3 Å². The van der Waals surface area contributed by atoms with E-state index in [1.165, 1.54) is 5.57 Å². The van der Waals surface area contributed by atoms with Crippen LogP contribution < -0.4 is 10.6 Å². The summed E-state index contributed by atoms with van der Waals surface area (Å²) in [5.74, 6) is 0.330. The van der Waals surface area contributed by atoms with Gasteiger partial charge in [-0.2, -0.15) is 0 Å². The Balaban J connectivity index is 3.15. The van der Waals surface area contributed by atoms with Crippen molar-refractivity contribution in [1.29, 1.82) is 0 Å². The van der Waals surface area contributed by atoms with Crippen molar-refractivity contribution in [2.45, 2.75) is 39.7 Å². The number of carbonyl (C=O) groups is 1. The maximum Gasteiger partial charge on any atom is 0.139 e. The first-order chi connectivity index (χ1) is 6.92. The SMILES string of the molecule is CNC1=C([C@H](C)NC)C(C)(C)CC(=O)C1. The zero-order valence-electron chi connectivity index (χ0n) is 10.4. The molecule has 0 aliphatic heterocycles. The molecule has 1 atom stereocenters. The van der Waals surface area contributed by atoms with Crippen LogP contribution in [-0.2, 0) is 4.79 Å². The van der Waals surface area contributed by atoms with E-state index in [0.717, 1.165) is 5.70 Å². The van der Waals surface area contributed by atoms with Crippen molar-refractivity contribution >= 4 is 5.78 Å². The fourth-order valence-corrected chi connectivity index (χ4v) is 2.57. The summed E-state index contributed by atoms with van der Waals surface area (Å²) in [6, 6.07) is 0.315. The molecule has 0 amide bonds. The molecule has 0 aromatic heterocycles. The molecule has 0 unspecified atom stereocenters. The van der Waals surface area contributed by atoms with E-state index >= 15 is 0 Å². The van der Waals surface area contributed by atoms with Gasteiger partial charge in [-0.25, -0.2) is 0 Å². The normalized spacial score (nSPS) is 22.9. The van der Waals surface area contributed by atoms with Gasteiger partial charge in [-0.1, -0.05) is 13.8 Å².